The Hall–Kier alpha value is -2.92. The van der Waals surface area contributed by atoms with Gasteiger partial charge in [0.25, 0.3) is 5.89 Å². The number of anilines is 2. The molecule has 26 heavy (non-hydrogen) atoms. The standard InChI is InChI=1S/C18H18N6OS/c1-10(2)17-22-18(25-23-17)11-3-5-21-15(7-11)24-6-4-12-13(8-19)16(20)26-14(12)9-24/h3,5,7,10H,4,6,9,20H2,1-2H3. The van der Waals surface area contributed by atoms with E-state index in [-0.39, 0.29) is 5.92 Å². The van der Waals surface area contributed by atoms with E-state index in [1.165, 1.54) is 11.3 Å². The summed E-state index contributed by atoms with van der Waals surface area (Å²) in [5.41, 5.74) is 8.55. The van der Waals surface area contributed by atoms with E-state index in [4.69, 9.17) is 10.3 Å². The van der Waals surface area contributed by atoms with Gasteiger partial charge in [-0.15, -0.1) is 11.3 Å². The van der Waals surface area contributed by atoms with Gasteiger partial charge in [0.1, 0.15) is 16.9 Å². The lowest BCUT2D eigenvalue weighted by molar-refractivity contribution is 0.419. The summed E-state index contributed by atoms with van der Waals surface area (Å²) >= 11 is 1.49. The largest absolute Gasteiger partial charge is 0.389 e. The van der Waals surface area contributed by atoms with Gasteiger partial charge in [-0.05, 0) is 24.1 Å². The van der Waals surface area contributed by atoms with Gasteiger partial charge in [0.05, 0.1) is 12.1 Å². The molecule has 0 fully saturated rings. The molecule has 2 N–H and O–H groups in total. The number of thiophene rings is 1. The smallest absolute Gasteiger partial charge is 0.258 e. The van der Waals surface area contributed by atoms with Crippen LogP contribution in [-0.4, -0.2) is 21.7 Å². The fourth-order valence-electron chi connectivity index (χ4n) is 3.05. The maximum atomic E-state index is 9.28. The summed E-state index contributed by atoms with van der Waals surface area (Å²) in [6.07, 6.45) is 2.54. The van der Waals surface area contributed by atoms with Crippen molar-refractivity contribution >= 4 is 22.2 Å². The van der Waals surface area contributed by atoms with Crippen LogP contribution in [0.15, 0.2) is 22.9 Å². The lowest BCUT2D eigenvalue weighted by atomic mass is 10.0. The number of pyridine rings is 1. The average molecular weight is 366 g/mol. The Morgan fingerprint density at radius 1 is 1.42 bits per heavy atom. The number of rotatable bonds is 3. The minimum Gasteiger partial charge on any atom is -0.389 e. The van der Waals surface area contributed by atoms with Crippen molar-refractivity contribution in [2.75, 3.05) is 17.2 Å². The van der Waals surface area contributed by atoms with Crippen molar-refractivity contribution in [2.24, 2.45) is 0 Å². The van der Waals surface area contributed by atoms with Crippen molar-refractivity contribution in [3.63, 3.8) is 0 Å². The van der Waals surface area contributed by atoms with Crippen LogP contribution in [0.4, 0.5) is 10.8 Å². The summed E-state index contributed by atoms with van der Waals surface area (Å²) in [5.74, 6) is 2.26. The zero-order valence-electron chi connectivity index (χ0n) is 14.6. The normalized spacial score (nSPS) is 13.7. The molecule has 0 radical (unpaired) electrons. The predicted molar refractivity (Wildman–Crippen MR) is 99.8 cm³/mol. The van der Waals surface area contributed by atoms with E-state index in [2.05, 4.69) is 26.1 Å². The number of nitriles is 1. The lowest BCUT2D eigenvalue weighted by Crippen LogP contribution is -2.30. The Balaban J connectivity index is 1.62. The van der Waals surface area contributed by atoms with Crippen LogP contribution < -0.4 is 10.6 Å². The van der Waals surface area contributed by atoms with Crippen LogP contribution in [0.5, 0.6) is 0 Å². The average Bonchev–Trinajstić information content (AvgIpc) is 3.25. The fraction of sp³-hybridized carbons (Fsp3) is 0.333. The number of fused-ring (bicyclic) bond motifs is 1. The first-order valence-electron chi connectivity index (χ1n) is 8.42. The molecule has 8 heteroatoms. The minimum absolute atomic E-state index is 0.216. The van der Waals surface area contributed by atoms with Crippen molar-refractivity contribution in [1.82, 2.24) is 15.1 Å². The monoisotopic (exact) mass is 366 g/mol. The Bertz CT molecular complexity index is 1000. The quantitative estimate of drug-likeness (QED) is 0.758. The summed E-state index contributed by atoms with van der Waals surface area (Å²) in [4.78, 5) is 12.3. The topological polar surface area (TPSA) is 105 Å². The molecule has 3 aromatic heterocycles. The van der Waals surface area contributed by atoms with Crippen molar-refractivity contribution in [1.29, 1.82) is 5.26 Å². The van der Waals surface area contributed by atoms with Crippen molar-refractivity contribution in [3.05, 3.63) is 40.2 Å². The predicted octanol–water partition coefficient (Wildman–Crippen LogP) is 3.33. The van der Waals surface area contributed by atoms with E-state index in [9.17, 15) is 5.26 Å². The summed E-state index contributed by atoms with van der Waals surface area (Å²) in [6.45, 7) is 5.54. The second kappa shape index (κ2) is 6.42. The van der Waals surface area contributed by atoms with Gasteiger partial charge in [-0.25, -0.2) is 4.98 Å². The second-order valence-electron chi connectivity index (χ2n) is 6.54. The van der Waals surface area contributed by atoms with Crippen LogP contribution in [0, 0.1) is 11.3 Å². The molecule has 0 saturated heterocycles. The maximum Gasteiger partial charge on any atom is 0.258 e. The maximum absolute atomic E-state index is 9.28. The zero-order chi connectivity index (χ0) is 18.3. The number of nitrogen functional groups attached to an aromatic ring is 1. The molecular formula is C18H18N6OS. The first-order valence-corrected chi connectivity index (χ1v) is 9.23. The van der Waals surface area contributed by atoms with Crippen LogP contribution in [0.1, 0.15) is 41.6 Å². The highest BCUT2D eigenvalue weighted by Gasteiger charge is 2.24. The van der Waals surface area contributed by atoms with E-state index in [0.717, 1.165) is 34.8 Å². The highest BCUT2D eigenvalue weighted by Crippen LogP contribution is 2.36. The molecule has 3 aromatic rings. The van der Waals surface area contributed by atoms with Crippen LogP contribution >= 0.6 is 11.3 Å². The van der Waals surface area contributed by atoms with Crippen LogP contribution in [0.25, 0.3) is 11.5 Å². The highest BCUT2D eigenvalue weighted by atomic mass is 32.1. The zero-order valence-corrected chi connectivity index (χ0v) is 15.4. The SMILES string of the molecule is CC(C)c1noc(-c2ccnc(N3CCc4c(sc(N)c4C#N)C3)c2)n1. The number of hydrogen-bond donors (Lipinski definition) is 1. The second-order valence-corrected chi connectivity index (χ2v) is 7.68. The summed E-state index contributed by atoms with van der Waals surface area (Å²) in [5, 5.41) is 13.9. The molecule has 0 aromatic carbocycles. The summed E-state index contributed by atoms with van der Waals surface area (Å²) in [6, 6.07) is 6.06. The molecule has 0 amide bonds. The summed E-state index contributed by atoms with van der Waals surface area (Å²) < 4.78 is 5.39. The van der Waals surface area contributed by atoms with Crippen molar-refractivity contribution in [3.8, 4) is 17.5 Å². The van der Waals surface area contributed by atoms with E-state index in [0.29, 0.717) is 28.8 Å². The van der Waals surface area contributed by atoms with Crippen molar-refractivity contribution < 1.29 is 4.52 Å². The number of nitrogens with two attached hydrogens (primary N) is 1. The van der Waals surface area contributed by atoms with E-state index in [1.807, 2.05) is 26.0 Å². The van der Waals surface area contributed by atoms with Crippen LogP contribution in [0.2, 0.25) is 0 Å². The Morgan fingerprint density at radius 2 is 2.27 bits per heavy atom. The fourth-order valence-corrected chi connectivity index (χ4v) is 4.14. The number of aromatic nitrogens is 3. The third-order valence-electron chi connectivity index (χ3n) is 4.47. The lowest BCUT2D eigenvalue weighted by Gasteiger charge is -2.28. The van der Waals surface area contributed by atoms with E-state index < -0.39 is 0 Å². The van der Waals surface area contributed by atoms with Gasteiger partial charge in [-0.3, -0.25) is 0 Å². The van der Waals surface area contributed by atoms with Gasteiger partial charge in [0, 0.05) is 29.1 Å². The molecule has 0 unspecified atom stereocenters. The van der Waals surface area contributed by atoms with Gasteiger partial charge in [0.2, 0.25) is 0 Å². The molecular weight excluding hydrogens is 348 g/mol. The third-order valence-corrected chi connectivity index (χ3v) is 5.52. The van der Waals surface area contributed by atoms with E-state index >= 15 is 0 Å². The van der Waals surface area contributed by atoms with Gasteiger partial charge >= 0.3 is 0 Å². The Labute approximate surface area is 155 Å². The Kier molecular flexibility index (Phi) is 4.09. The van der Waals surface area contributed by atoms with E-state index in [1.54, 1.807) is 6.20 Å². The molecule has 0 aliphatic carbocycles. The molecule has 0 bridgehead atoms. The molecule has 7 nitrogen and oxygen atoms in total. The molecule has 4 heterocycles. The molecule has 0 atom stereocenters. The third kappa shape index (κ3) is 2.80. The number of nitrogens with zero attached hydrogens (tertiary/aromatic N) is 5. The van der Waals surface area contributed by atoms with Crippen LogP contribution in [0.3, 0.4) is 0 Å². The number of hydrogen-bond acceptors (Lipinski definition) is 8. The highest BCUT2D eigenvalue weighted by molar-refractivity contribution is 7.16. The minimum atomic E-state index is 0.216. The molecule has 1 aliphatic rings. The van der Waals surface area contributed by atoms with Gasteiger partial charge in [-0.1, -0.05) is 19.0 Å². The summed E-state index contributed by atoms with van der Waals surface area (Å²) in [7, 11) is 0. The Morgan fingerprint density at radius 3 is 3.00 bits per heavy atom. The first kappa shape index (κ1) is 16.5. The first-order chi connectivity index (χ1) is 12.6. The van der Waals surface area contributed by atoms with Crippen molar-refractivity contribution in [2.45, 2.75) is 32.7 Å². The molecule has 4 rings (SSSR count). The van der Waals surface area contributed by atoms with Crippen LogP contribution in [-0.2, 0) is 13.0 Å². The van der Waals surface area contributed by atoms with Gasteiger partial charge < -0.3 is 15.2 Å². The molecule has 132 valence electrons. The molecule has 0 saturated carbocycles. The van der Waals surface area contributed by atoms with Gasteiger partial charge in [-0.2, -0.15) is 10.2 Å². The molecule has 1 aliphatic heterocycles. The molecule has 0 spiro atoms. The van der Waals surface area contributed by atoms with Gasteiger partial charge in [0.15, 0.2) is 5.82 Å².